The number of rotatable bonds is 16. The van der Waals surface area contributed by atoms with Gasteiger partial charge in [0.1, 0.15) is 18.5 Å². The first-order valence-corrected chi connectivity index (χ1v) is 13.9. The molecule has 1 heterocycles. The number of benzene rings is 2. The molecule has 1 atom stereocenters. The SMILES string of the molecule is CCCCCCCCc1cnc(-c2ccc(-c3ccc(OCC(C)OC(=O)CCCC)cc3)cc2)nc1. The van der Waals surface area contributed by atoms with Crippen LogP contribution in [0.15, 0.2) is 60.9 Å². The molecule has 0 aliphatic heterocycles. The highest BCUT2D eigenvalue weighted by Gasteiger charge is 2.10. The van der Waals surface area contributed by atoms with Gasteiger partial charge in [-0.25, -0.2) is 9.97 Å². The van der Waals surface area contributed by atoms with Crippen LogP contribution in [0.2, 0.25) is 0 Å². The average molecular weight is 503 g/mol. The predicted octanol–water partition coefficient (Wildman–Crippen LogP) is 8.21. The van der Waals surface area contributed by atoms with Gasteiger partial charge in [-0.1, -0.05) is 88.8 Å². The Hall–Kier alpha value is -3.21. The molecule has 2 aromatic carbocycles. The van der Waals surface area contributed by atoms with Gasteiger partial charge in [0, 0.05) is 24.4 Å². The number of ether oxygens (including phenoxy) is 2. The van der Waals surface area contributed by atoms with E-state index < -0.39 is 0 Å². The van der Waals surface area contributed by atoms with Crippen molar-refractivity contribution < 1.29 is 14.3 Å². The van der Waals surface area contributed by atoms with Gasteiger partial charge >= 0.3 is 5.97 Å². The lowest BCUT2D eigenvalue weighted by molar-refractivity contribution is -0.149. The van der Waals surface area contributed by atoms with Crippen molar-refractivity contribution in [1.29, 1.82) is 0 Å². The first-order chi connectivity index (χ1) is 18.1. The Bertz CT molecular complexity index is 1050. The second-order valence-electron chi connectivity index (χ2n) is 9.75. The summed E-state index contributed by atoms with van der Waals surface area (Å²) in [6.07, 6.45) is 14.8. The fourth-order valence-electron chi connectivity index (χ4n) is 4.15. The lowest BCUT2D eigenvalue weighted by Gasteiger charge is -2.14. The van der Waals surface area contributed by atoms with Crippen molar-refractivity contribution in [3.63, 3.8) is 0 Å². The number of esters is 1. The largest absolute Gasteiger partial charge is 0.490 e. The Kier molecular flexibility index (Phi) is 12.1. The summed E-state index contributed by atoms with van der Waals surface area (Å²) in [5, 5.41) is 0. The molecule has 0 bridgehead atoms. The van der Waals surface area contributed by atoms with Crippen molar-refractivity contribution in [3.05, 3.63) is 66.5 Å². The van der Waals surface area contributed by atoms with Crippen molar-refractivity contribution in [2.45, 2.75) is 91.1 Å². The molecule has 5 nitrogen and oxygen atoms in total. The molecule has 3 aromatic rings. The maximum absolute atomic E-state index is 11.7. The molecule has 3 rings (SSSR count). The van der Waals surface area contributed by atoms with Crippen molar-refractivity contribution in [1.82, 2.24) is 9.97 Å². The lowest BCUT2D eigenvalue weighted by Crippen LogP contribution is -2.21. The standard InChI is InChI=1S/C32H42N2O3/c1-4-6-8-9-10-11-12-26-22-33-32(34-23-26)29-16-14-27(15-17-29)28-18-20-30(21-19-28)36-24-25(3)37-31(35)13-7-5-2/h14-23,25H,4-13,24H2,1-3H3. The Morgan fingerprint density at radius 2 is 1.32 bits per heavy atom. The van der Waals surface area contributed by atoms with Crippen LogP contribution < -0.4 is 4.74 Å². The van der Waals surface area contributed by atoms with E-state index in [0.717, 1.165) is 47.5 Å². The Balaban J connectivity index is 1.47. The highest BCUT2D eigenvalue weighted by atomic mass is 16.6. The molecule has 0 fully saturated rings. The third-order valence-electron chi connectivity index (χ3n) is 6.41. The highest BCUT2D eigenvalue weighted by Crippen LogP contribution is 2.25. The van der Waals surface area contributed by atoms with Crippen LogP contribution >= 0.6 is 0 Å². The zero-order chi connectivity index (χ0) is 26.3. The number of aryl methyl sites for hydroxylation is 1. The average Bonchev–Trinajstić information content (AvgIpc) is 2.93. The monoisotopic (exact) mass is 502 g/mol. The molecule has 0 saturated heterocycles. The summed E-state index contributed by atoms with van der Waals surface area (Å²) in [5.41, 5.74) is 4.45. The molecule has 37 heavy (non-hydrogen) atoms. The Morgan fingerprint density at radius 3 is 1.97 bits per heavy atom. The molecule has 0 N–H and O–H groups in total. The quantitative estimate of drug-likeness (QED) is 0.146. The second-order valence-corrected chi connectivity index (χ2v) is 9.75. The molecule has 0 amide bonds. The molecule has 0 aliphatic carbocycles. The van der Waals surface area contributed by atoms with Gasteiger partial charge in [-0.15, -0.1) is 0 Å². The number of hydrogen-bond donors (Lipinski definition) is 0. The van der Waals surface area contributed by atoms with Crippen molar-refractivity contribution in [3.8, 4) is 28.3 Å². The minimum Gasteiger partial charge on any atom is -0.490 e. The van der Waals surface area contributed by atoms with Crippen LogP contribution in [-0.4, -0.2) is 28.6 Å². The predicted molar refractivity (Wildman–Crippen MR) is 151 cm³/mol. The molecule has 0 spiro atoms. The summed E-state index contributed by atoms with van der Waals surface area (Å²) in [6.45, 7) is 6.50. The van der Waals surface area contributed by atoms with Crippen LogP contribution in [-0.2, 0) is 16.0 Å². The molecule has 198 valence electrons. The van der Waals surface area contributed by atoms with Crippen molar-refractivity contribution >= 4 is 5.97 Å². The van der Waals surface area contributed by atoms with E-state index in [9.17, 15) is 4.79 Å². The van der Waals surface area contributed by atoms with Crippen molar-refractivity contribution in [2.75, 3.05) is 6.61 Å². The normalized spacial score (nSPS) is 11.8. The van der Waals surface area contributed by atoms with E-state index in [-0.39, 0.29) is 12.1 Å². The summed E-state index contributed by atoms with van der Waals surface area (Å²) in [4.78, 5) is 20.9. The van der Waals surface area contributed by atoms with Gasteiger partial charge in [0.05, 0.1) is 0 Å². The molecular weight excluding hydrogens is 460 g/mol. The van der Waals surface area contributed by atoms with E-state index in [1.807, 2.05) is 43.6 Å². The highest BCUT2D eigenvalue weighted by molar-refractivity contribution is 5.69. The fraction of sp³-hybridized carbons (Fsp3) is 0.469. The molecule has 1 unspecified atom stereocenters. The number of unbranched alkanes of at least 4 members (excludes halogenated alkanes) is 6. The van der Waals surface area contributed by atoms with E-state index in [1.54, 1.807) is 0 Å². The maximum Gasteiger partial charge on any atom is 0.306 e. The van der Waals surface area contributed by atoms with Gasteiger partial charge in [0.2, 0.25) is 0 Å². The molecular formula is C32H42N2O3. The summed E-state index contributed by atoms with van der Waals surface area (Å²) < 4.78 is 11.2. The fourth-order valence-corrected chi connectivity index (χ4v) is 4.15. The van der Waals surface area contributed by atoms with Gasteiger partial charge < -0.3 is 9.47 Å². The molecule has 1 aromatic heterocycles. The van der Waals surface area contributed by atoms with E-state index in [4.69, 9.17) is 9.47 Å². The van der Waals surface area contributed by atoms with Crippen LogP contribution in [0.1, 0.15) is 84.1 Å². The molecule has 0 radical (unpaired) electrons. The summed E-state index contributed by atoms with van der Waals surface area (Å²) in [5.74, 6) is 1.35. The first kappa shape index (κ1) is 28.4. The van der Waals surface area contributed by atoms with Crippen molar-refractivity contribution in [2.24, 2.45) is 0 Å². The lowest BCUT2D eigenvalue weighted by atomic mass is 10.0. The third-order valence-corrected chi connectivity index (χ3v) is 6.41. The maximum atomic E-state index is 11.7. The van der Waals surface area contributed by atoms with Crippen LogP contribution in [0.4, 0.5) is 0 Å². The van der Waals surface area contributed by atoms with Gasteiger partial charge in [-0.3, -0.25) is 4.79 Å². The summed E-state index contributed by atoms with van der Waals surface area (Å²) >= 11 is 0. The van der Waals surface area contributed by atoms with E-state index in [1.165, 1.54) is 44.1 Å². The van der Waals surface area contributed by atoms with Gasteiger partial charge in [0.25, 0.3) is 0 Å². The number of carbonyl (C=O) groups is 1. The van der Waals surface area contributed by atoms with Crippen LogP contribution in [0, 0.1) is 0 Å². The van der Waals surface area contributed by atoms with Gasteiger partial charge in [-0.2, -0.15) is 0 Å². The number of hydrogen-bond acceptors (Lipinski definition) is 5. The second kappa shape index (κ2) is 15.8. The minimum absolute atomic E-state index is 0.161. The molecule has 5 heteroatoms. The van der Waals surface area contributed by atoms with Crippen LogP contribution in [0.3, 0.4) is 0 Å². The minimum atomic E-state index is -0.275. The molecule has 0 saturated carbocycles. The number of carbonyl (C=O) groups excluding carboxylic acids is 1. The van der Waals surface area contributed by atoms with E-state index >= 15 is 0 Å². The first-order valence-electron chi connectivity index (χ1n) is 13.9. The molecule has 0 aliphatic rings. The Morgan fingerprint density at radius 1 is 0.757 bits per heavy atom. The van der Waals surface area contributed by atoms with Gasteiger partial charge in [-0.05, 0) is 55.0 Å². The van der Waals surface area contributed by atoms with E-state index in [2.05, 4.69) is 48.1 Å². The topological polar surface area (TPSA) is 61.3 Å². The number of aromatic nitrogens is 2. The zero-order valence-electron chi connectivity index (χ0n) is 22.7. The Labute approximate surface area is 222 Å². The number of nitrogens with zero attached hydrogens (tertiary/aromatic N) is 2. The smallest absolute Gasteiger partial charge is 0.306 e. The van der Waals surface area contributed by atoms with Gasteiger partial charge in [0.15, 0.2) is 5.82 Å². The summed E-state index contributed by atoms with van der Waals surface area (Å²) in [6, 6.07) is 16.3. The zero-order valence-corrected chi connectivity index (χ0v) is 22.7. The van der Waals surface area contributed by atoms with E-state index in [0.29, 0.717) is 13.0 Å². The van der Waals surface area contributed by atoms with Crippen LogP contribution in [0.25, 0.3) is 22.5 Å². The van der Waals surface area contributed by atoms with Crippen LogP contribution in [0.5, 0.6) is 5.75 Å². The third kappa shape index (κ3) is 9.99. The summed E-state index contributed by atoms with van der Waals surface area (Å²) in [7, 11) is 0.